The van der Waals surface area contributed by atoms with Gasteiger partial charge in [0.2, 0.25) is 0 Å². The first-order valence-corrected chi connectivity index (χ1v) is 6.82. The number of nitrogens with zero attached hydrogens (tertiary/aromatic N) is 1. The van der Waals surface area contributed by atoms with E-state index in [9.17, 15) is 15.2 Å². The summed E-state index contributed by atoms with van der Waals surface area (Å²) in [5.41, 5.74) is 2.70. The van der Waals surface area contributed by atoms with Gasteiger partial charge >= 0.3 is 0 Å². The molecule has 1 atom stereocenters. The van der Waals surface area contributed by atoms with E-state index in [1.165, 1.54) is 17.7 Å². The highest BCUT2D eigenvalue weighted by atomic mass is 16.6. The van der Waals surface area contributed by atoms with Crippen LogP contribution in [0, 0.1) is 10.1 Å². The molecule has 110 valence electrons. The number of benzene rings is 2. The highest BCUT2D eigenvalue weighted by Gasteiger charge is 2.16. The molecule has 0 spiro atoms. The van der Waals surface area contributed by atoms with Gasteiger partial charge in [0.1, 0.15) is 6.10 Å². The third-order valence-corrected chi connectivity index (χ3v) is 3.51. The molecule has 21 heavy (non-hydrogen) atoms. The molecular formula is C17H19NO3. The summed E-state index contributed by atoms with van der Waals surface area (Å²) < 4.78 is 0. The molecule has 4 heteroatoms. The van der Waals surface area contributed by atoms with Gasteiger partial charge in [0, 0.05) is 12.1 Å². The van der Waals surface area contributed by atoms with Gasteiger partial charge < -0.3 is 5.11 Å². The Hall–Kier alpha value is -2.20. The molecule has 2 aromatic rings. The van der Waals surface area contributed by atoms with Crippen molar-refractivity contribution in [2.24, 2.45) is 0 Å². The predicted octanol–water partition coefficient (Wildman–Crippen LogP) is 3.97. The zero-order valence-electron chi connectivity index (χ0n) is 12.4. The van der Waals surface area contributed by atoms with Crippen molar-refractivity contribution in [3.05, 3.63) is 75.3 Å². The molecule has 0 amide bonds. The van der Waals surface area contributed by atoms with E-state index in [4.69, 9.17) is 0 Å². The second-order valence-electron chi connectivity index (χ2n) is 6.12. The lowest BCUT2D eigenvalue weighted by Gasteiger charge is -2.20. The summed E-state index contributed by atoms with van der Waals surface area (Å²) in [6, 6.07) is 13.8. The molecule has 0 heterocycles. The van der Waals surface area contributed by atoms with Crippen LogP contribution in [0.3, 0.4) is 0 Å². The maximum Gasteiger partial charge on any atom is 0.269 e. The molecule has 0 aromatic heterocycles. The van der Waals surface area contributed by atoms with Crippen LogP contribution in [0.1, 0.15) is 43.6 Å². The number of rotatable bonds is 3. The van der Waals surface area contributed by atoms with Crippen LogP contribution >= 0.6 is 0 Å². The Morgan fingerprint density at radius 2 is 1.38 bits per heavy atom. The van der Waals surface area contributed by atoms with Crippen LogP contribution in [-0.4, -0.2) is 10.0 Å². The van der Waals surface area contributed by atoms with Crippen LogP contribution in [0.4, 0.5) is 5.69 Å². The van der Waals surface area contributed by atoms with Gasteiger partial charge in [0.25, 0.3) is 5.69 Å². The topological polar surface area (TPSA) is 63.4 Å². The number of nitro benzene ring substituents is 1. The highest BCUT2D eigenvalue weighted by molar-refractivity contribution is 5.38. The maximum absolute atomic E-state index is 10.6. The Morgan fingerprint density at radius 1 is 0.952 bits per heavy atom. The van der Waals surface area contributed by atoms with E-state index in [1.54, 1.807) is 12.1 Å². The monoisotopic (exact) mass is 285 g/mol. The van der Waals surface area contributed by atoms with Crippen molar-refractivity contribution in [2.45, 2.75) is 32.3 Å². The normalized spacial score (nSPS) is 13.0. The third kappa shape index (κ3) is 3.47. The molecule has 0 aliphatic rings. The summed E-state index contributed by atoms with van der Waals surface area (Å²) >= 11 is 0. The van der Waals surface area contributed by atoms with Gasteiger partial charge in [-0.1, -0.05) is 45.0 Å². The van der Waals surface area contributed by atoms with Crippen LogP contribution in [0.2, 0.25) is 0 Å². The quantitative estimate of drug-likeness (QED) is 0.685. The lowest BCUT2D eigenvalue weighted by molar-refractivity contribution is -0.384. The summed E-state index contributed by atoms with van der Waals surface area (Å²) in [7, 11) is 0. The Bertz CT molecular complexity index is 625. The van der Waals surface area contributed by atoms with E-state index < -0.39 is 11.0 Å². The van der Waals surface area contributed by atoms with Gasteiger partial charge in [-0.15, -0.1) is 0 Å². The van der Waals surface area contributed by atoms with E-state index in [1.807, 2.05) is 24.3 Å². The van der Waals surface area contributed by atoms with Crippen molar-refractivity contribution < 1.29 is 10.0 Å². The first-order chi connectivity index (χ1) is 9.79. The number of aliphatic hydroxyl groups is 1. The summed E-state index contributed by atoms with van der Waals surface area (Å²) in [4.78, 5) is 10.2. The Morgan fingerprint density at radius 3 is 1.76 bits per heavy atom. The second kappa shape index (κ2) is 5.66. The number of hydrogen-bond acceptors (Lipinski definition) is 3. The van der Waals surface area contributed by atoms with Crippen molar-refractivity contribution in [2.75, 3.05) is 0 Å². The average Bonchev–Trinajstić information content (AvgIpc) is 2.46. The summed E-state index contributed by atoms with van der Waals surface area (Å²) in [6.07, 6.45) is -0.778. The fourth-order valence-corrected chi connectivity index (χ4v) is 2.14. The molecule has 4 nitrogen and oxygen atoms in total. The summed E-state index contributed by atoms with van der Waals surface area (Å²) in [6.45, 7) is 6.40. The summed E-state index contributed by atoms with van der Waals surface area (Å²) in [5, 5.41) is 21.0. The molecule has 0 aliphatic heterocycles. The third-order valence-electron chi connectivity index (χ3n) is 3.51. The van der Waals surface area contributed by atoms with Crippen LogP contribution in [0.15, 0.2) is 48.5 Å². The summed E-state index contributed by atoms with van der Waals surface area (Å²) in [5.74, 6) is 0. The van der Waals surface area contributed by atoms with Crippen LogP contribution in [0.5, 0.6) is 0 Å². The van der Waals surface area contributed by atoms with Crippen molar-refractivity contribution in [3.8, 4) is 0 Å². The van der Waals surface area contributed by atoms with Crippen LogP contribution in [0.25, 0.3) is 0 Å². The van der Waals surface area contributed by atoms with Crippen molar-refractivity contribution in [1.82, 2.24) is 0 Å². The molecule has 1 N–H and O–H groups in total. The van der Waals surface area contributed by atoms with Gasteiger partial charge in [0.15, 0.2) is 0 Å². The van der Waals surface area contributed by atoms with Gasteiger partial charge in [0.05, 0.1) is 4.92 Å². The fraction of sp³-hybridized carbons (Fsp3) is 0.294. The lowest BCUT2D eigenvalue weighted by atomic mass is 9.86. The highest BCUT2D eigenvalue weighted by Crippen LogP contribution is 2.27. The zero-order chi connectivity index (χ0) is 15.6. The molecule has 0 aliphatic carbocycles. The Kier molecular flexibility index (Phi) is 4.09. The van der Waals surface area contributed by atoms with E-state index in [0.29, 0.717) is 5.56 Å². The smallest absolute Gasteiger partial charge is 0.269 e. The first kappa shape index (κ1) is 15.2. The Labute approximate surface area is 124 Å². The molecule has 2 rings (SSSR count). The van der Waals surface area contributed by atoms with Gasteiger partial charge in [-0.05, 0) is 34.2 Å². The molecular weight excluding hydrogens is 266 g/mol. The molecule has 0 saturated heterocycles. The van der Waals surface area contributed by atoms with Gasteiger partial charge in [-0.25, -0.2) is 0 Å². The second-order valence-corrected chi connectivity index (χ2v) is 6.12. The van der Waals surface area contributed by atoms with Crippen molar-refractivity contribution in [1.29, 1.82) is 0 Å². The Balaban J connectivity index is 2.23. The lowest BCUT2D eigenvalue weighted by Crippen LogP contribution is -2.11. The van der Waals surface area contributed by atoms with E-state index in [-0.39, 0.29) is 11.1 Å². The molecule has 0 radical (unpaired) electrons. The largest absolute Gasteiger partial charge is 0.384 e. The number of hydrogen-bond donors (Lipinski definition) is 1. The standard InChI is InChI=1S/C17H19NO3/c1-17(2,3)14-8-4-12(5-9-14)16(19)13-6-10-15(11-7-13)18(20)21/h4-11,16,19H,1-3H3. The molecule has 0 bridgehead atoms. The number of nitro groups is 1. The van der Waals surface area contributed by atoms with Crippen molar-refractivity contribution >= 4 is 5.69 Å². The van der Waals surface area contributed by atoms with E-state index >= 15 is 0 Å². The molecule has 0 saturated carbocycles. The minimum Gasteiger partial charge on any atom is -0.384 e. The van der Waals surface area contributed by atoms with Crippen LogP contribution < -0.4 is 0 Å². The number of aliphatic hydroxyl groups excluding tert-OH is 1. The van der Waals surface area contributed by atoms with Crippen molar-refractivity contribution in [3.63, 3.8) is 0 Å². The average molecular weight is 285 g/mol. The first-order valence-electron chi connectivity index (χ1n) is 6.82. The minimum atomic E-state index is -0.778. The minimum absolute atomic E-state index is 0.0223. The molecule has 0 fully saturated rings. The zero-order valence-corrected chi connectivity index (χ0v) is 12.4. The van der Waals surface area contributed by atoms with Gasteiger partial charge in [-0.2, -0.15) is 0 Å². The van der Waals surface area contributed by atoms with Gasteiger partial charge in [-0.3, -0.25) is 10.1 Å². The predicted molar refractivity (Wildman–Crippen MR) is 82.3 cm³/mol. The fourth-order valence-electron chi connectivity index (χ4n) is 2.14. The SMILES string of the molecule is CC(C)(C)c1ccc(C(O)c2ccc([N+](=O)[O-])cc2)cc1. The van der Waals surface area contributed by atoms with Crippen LogP contribution in [-0.2, 0) is 5.41 Å². The number of non-ortho nitro benzene ring substituents is 1. The maximum atomic E-state index is 10.6. The van der Waals surface area contributed by atoms with E-state index in [2.05, 4.69) is 20.8 Å². The van der Waals surface area contributed by atoms with E-state index in [0.717, 1.165) is 5.56 Å². The molecule has 2 aromatic carbocycles. The molecule has 1 unspecified atom stereocenters.